The molecule has 0 unspecified atom stereocenters. The minimum Gasteiger partial charge on any atom is -0.375 e. The third kappa shape index (κ3) is 3.59. The molecule has 0 amide bonds. The first kappa shape index (κ1) is 16.5. The number of ether oxygens (including phenoxy) is 1. The Morgan fingerprint density at radius 3 is 1.87 bits per heavy atom. The van der Waals surface area contributed by atoms with Crippen molar-refractivity contribution in [3.8, 4) is 0 Å². The van der Waals surface area contributed by atoms with E-state index in [0.29, 0.717) is 25.9 Å². The van der Waals surface area contributed by atoms with Crippen LogP contribution in [0.5, 0.6) is 0 Å². The SMILES string of the molecule is Fc1nc(F)c(F)c(N2CCC(OC3CCCCC3)CC2)c1F. The molecule has 2 heterocycles. The maximum atomic E-state index is 13.8. The van der Waals surface area contributed by atoms with Gasteiger partial charge in [0, 0.05) is 13.1 Å². The van der Waals surface area contributed by atoms with Gasteiger partial charge in [0.25, 0.3) is 11.9 Å². The number of piperidine rings is 1. The monoisotopic (exact) mass is 332 g/mol. The van der Waals surface area contributed by atoms with Gasteiger partial charge in [0.2, 0.25) is 11.6 Å². The Morgan fingerprint density at radius 1 is 0.783 bits per heavy atom. The fourth-order valence-electron chi connectivity index (χ4n) is 3.44. The van der Waals surface area contributed by atoms with Gasteiger partial charge in [-0.3, -0.25) is 0 Å². The first-order valence-electron chi connectivity index (χ1n) is 8.16. The van der Waals surface area contributed by atoms with E-state index < -0.39 is 29.2 Å². The molecule has 1 aliphatic heterocycles. The second-order valence-electron chi connectivity index (χ2n) is 6.25. The summed E-state index contributed by atoms with van der Waals surface area (Å²) in [6.07, 6.45) is 7.19. The molecule has 3 rings (SSSR count). The second kappa shape index (κ2) is 7.03. The van der Waals surface area contributed by atoms with Gasteiger partial charge < -0.3 is 9.64 Å². The summed E-state index contributed by atoms with van der Waals surface area (Å²) < 4.78 is 60.0. The Balaban J connectivity index is 1.63. The van der Waals surface area contributed by atoms with E-state index in [1.807, 2.05) is 0 Å². The fourth-order valence-corrected chi connectivity index (χ4v) is 3.44. The number of anilines is 1. The number of rotatable bonds is 3. The van der Waals surface area contributed by atoms with Crippen molar-refractivity contribution in [2.24, 2.45) is 0 Å². The number of halogens is 4. The summed E-state index contributed by atoms with van der Waals surface area (Å²) in [5.74, 6) is -6.09. The van der Waals surface area contributed by atoms with Crippen molar-refractivity contribution in [2.45, 2.75) is 57.2 Å². The van der Waals surface area contributed by atoms with Gasteiger partial charge in [0.15, 0.2) is 0 Å². The molecule has 1 aromatic heterocycles. The van der Waals surface area contributed by atoms with E-state index in [2.05, 4.69) is 4.98 Å². The zero-order valence-corrected chi connectivity index (χ0v) is 12.8. The van der Waals surface area contributed by atoms with Gasteiger partial charge in [0.05, 0.1) is 12.2 Å². The highest BCUT2D eigenvalue weighted by Gasteiger charge is 2.30. The Kier molecular flexibility index (Phi) is 5.04. The molecule has 0 spiro atoms. The highest BCUT2D eigenvalue weighted by Crippen LogP contribution is 2.30. The molecular formula is C16H20F4N2O. The van der Waals surface area contributed by atoms with Gasteiger partial charge >= 0.3 is 0 Å². The molecule has 0 N–H and O–H groups in total. The van der Waals surface area contributed by atoms with Gasteiger partial charge in [0.1, 0.15) is 5.69 Å². The Hall–Kier alpha value is -1.37. The summed E-state index contributed by atoms with van der Waals surface area (Å²) in [6, 6.07) is 0. The molecule has 23 heavy (non-hydrogen) atoms. The average molecular weight is 332 g/mol. The van der Waals surface area contributed by atoms with Crippen molar-refractivity contribution in [1.29, 1.82) is 0 Å². The van der Waals surface area contributed by atoms with Crippen LogP contribution in [0.4, 0.5) is 23.2 Å². The standard InChI is InChI=1S/C16H20F4N2O/c17-12-14(13(18)16(20)21-15(12)19)22-8-6-11(7-9-22)23-10-4-2-1-3-5-10/h10-11H,1-9H2. The topological polar surface area (TPSA) is 25.4 Å². The van der Waals surface area contributed by atoms with E-state index in [1.54, 1.807) is 0 Å². The van der Waals surface area contributed by atoms with Crippen LogP contribution in [0.3, 0.4) is 0 Å². The van der Waals surface area contributed by atoms with Crippen LogP contribution in [-0.4, -0.2) is 30.3 Å². The third-order valence-corrected chi connectivity index (χ3v) is 4.67. The summed E-state index contributed by atoms with van der Waals surface area (Å²) >= 11 is 0. The summed E-state index contributed by atoms with van der Waals surface area (Å²) in [5.41, 5.74) is -0.661. The van der Waals surface area contributed by atoms with E-state index in [4.69, 9.17) is 4.74 Å². The molecule has 0 atom stereocenters. The van der Waals surface area contributed by atoms with Crippen LogP contribution in [0.15, 0.2) is 0 Å². The number of hydrogen-bond acceptors (Lipinski definition) is 3. The number of nitrogens with zero attached hydrogens (tertiary/aromatic N) is 2. The molecule has 3 nitrogen and oxygen atoms in total. The number of aromatic nitrogens is 1. The molecule has 2 aliphatic rings. The largest absolute Gasteiger partial charge is 0.375 e. The molecule has 0 bridgehead atoms. The van der Waals surface area contributed by atoms with Crippen molar-refractivity contribution in [3.05, 3.63) is 23.5 Å². The predicted molar refractivity (Wildman–Crippen MR) is 77.3 cm³/mol. The molecular weight excluding hydrogens is 312 g/mol. The van der Waals surface area contributed by atoms with Crippen molar-refractivity contribution >= 4 is 5.69 Å². The minimum absolute atomic E-state index is 0.0389. The molecule has 1 saturated heterocycles. The minimum atomic E-state index is -1.61. The summed E-state index contributed by atoms with van der Waals surface area (Å²) in [5, 5.41) is 0. The summed E-state index contributed by atoms with van der Waals surface area (Å²) in [7, 11) is 0. The highest BCUT2D eigenvalue weighted by molar-refractivity contribution is 5.48. The Bertz CT molecular complexity index is 529. The van der Waals surface area contributed by atoms with Crippen LogP contribution in [0.1, 0.15) is 44.9 Å². The van der Waals surface area contributed by atoms with Crippen LogP contribution in [0.2, 0.25) is 0 Å². The average Bonchev–Trinajstić information content (AvgIpc) is 2.56. The molecule has 7 heteroatoms. The quantitative estimate of drug-likeness (QED) is 0.619. The van der Waals surface area contributed by atoms with Gasteiger partial charge in [-0.25, -0.2) is 0 Å². The van der Waals surface area contributed by atoms with Crippen molar-refractivity contribution in [1.82, 2.24) is 4.98 Å². The lowest BCUT2D eigenvalue weighted by Crippen LogP contribution is -2.40. The second-order valence-corrected chi connectivity index (χ2v) is 6.25. The maximum absolute atomic E-state index is 13.8. The van der Waals surface area contributed by atoms with E-state index >= 15 is 0 Å². The summed E-state index contributed by atoms with van der Waals surface area (Å²) in [4.78, 5) is 3.92. The highest BCUT2D eigenvalue weighted by atomic mass is 19.2. The lowest BCUT2D eigenvalue weighted by Gasteiger charge is -2.36. The molecule has 128 valence electrons. The van der Waals surface area contributed by atoms with E-state index in [1.165, 1.54) is 24.2 Å². The molecule has 0 aromatic carbocycles. The molecule has 2 fully saturated rings. The number of pyridine rings is 1. The summed E-state index contributed by atoms with van der Waals surface area (Å²) in [6.45, 7) is 0.599. The van der Waals surface area contributed by atoms with Crippen LogP contribution in [-0.2, 0) is 4.74 Å². The normalized spacial score (nSPS) is 21.0. The fraction of sp³-hybridized carbons (Fsp3) is 0.688. The smallest absolute Gasteiger partial charge is 0.253 e. The van der Waals surface area contributed by atoms with Crippen LogP contribution in [0, 0.1) is 23.5 Å². The van der Waals surface area contributed by atoms with Gasteiger partial charge in [-0.1, -0.05) is 19.3 Å². The van der Waals surface area contributed by atoms with Gasteiger partial charge in [-0.2, -0.15) is 22.5 Å². The van der Waals surface area contributed by atoms with E-state index in [0.717, 1.165) is 12.8 Å². The molecule has 1 aliphatic carbocycles. The lowest BCUT2D eigenvalue weighted by atomic mass is 9.97. The van der Waals surface area contributed by atoms with E-state index in [-0.39, 0.29) is 12.2 Å². The Morgan fingerprint density at radius 2 is 1.30 bits per heavy atom. The Labute approximate surface area is 132 Å². The van der Waals surface area contributed by atoms with E-state index in [9.17, 15) is 17.6 Å². The number of hydrogen-bond donors (Lipinski definition) is 0. The molecule has 0 radical (unpaired) electrons. The zero-order valence-electron chi connectivity index (χ0n) is 12.8. The van der Waals surface area contributed by atoms with Crippen LogP contribution < -0.4 is 4.90 Å². The van der Waals surface area contributed by atoms with Gasteiger partial charge in [-0.05, 0) is 25.7 Å². The zero-order chi connectivity index (χ0) is 16.4. The predicted octanol–water partition coefficient (Wildman–Crippen LogP) is 3.96. The van der Waals surface area contributed by atoms with Gasteiger partial charge in [-0.15, -0.1) is 0 Å². The van der Waals surface area contributed by atoms with Crippen molar-refractivity contribution in [3.63, 3.8) is 0 Å². The maximum Gasteiger partial charge on any atom is 0.253 e. The lowest BCUT2D eigenvalue weighted by molar-refractivity contribution is -0.0396. The third-order valence-electron chi connectivity index (χ3n) is 4.67. The first-order chi connectivity index (χ1) is 11.1. The van der Waals surface area contributed by atoms with Crippen molar-refractivity contribution < 1.29 is 22.3 Å². The van der Waals surface area contributed by atoms with Crippen molar-refractivity contribution in [2.75, 3.05) is 18.0 Å². The first-order valence-corrected chi connectivity index (χ1v) is 8.16. The molecule has 1 saturated carbocycles. The van der Waals surface area contributed by atoms with Crippen LogP contribution >= 0.6 is 0 Å². The van der Waals surface area contributed by atoms with Crippen LogP contribution in [0.25, 0.3) is 0 Å². The molecule has 1 aromatic rings.